The lowest BCUT2D eigenvalue weighted by Gasteiger charge is -2.25. The molecule has 0 fully saturated rings. The summed E-state index contributed by atoms with van der Waals surface area (Å²) in [5, 5.41) is 11.4. The molecule has 1 aliphatic rings. The summed E-state index contributed by atoms with van der Waals surface area (Å²) < 4.78 is 34.2. The van der Waals surface area contributed by atoms with Crippen molar-refractivity contribution < 1.29 is 18.5 Å². The Hall–Kier alpha value is -3.59. The zero-order chi connectivity index (χ0) is 26.0. The van der Waals surface area contributed by atoms with Gasteiger partial charge in [0.1, 0.15) is 5.69 Å². The van der Waals surface area contributed by atoms with Crippen LogP contribution in [0.1, 0.15) is 24.5 Å². The maximum absolute atomic E-state index is 12.5. The molecule has 0 unspecified atom stereocenters. The van der Waals surface area contributed by atoms with Gasteiger partial charge in [-0.2, -0.15) is 0 Å². The van der Waals surface area contributed by atoms with Gasteiger partial charge in [0.25, 0.3) is 0 Å². The van der Waals surface area contributed by atoms with Crippen LogP contribution in [0.3, 0.4) is 0 Å². The molecule has 0 amide bonds. The standard InChI is InChI=1S/C29H32N4O3S/c1-4-30-24-17-27-26(16-20(24)3)33-29-23-9-6-5-8-22(23)25(18-28(29)36-27)31-14-7-15-32-37(34,35)21-12-10-19(2)11-13-21/h5-6,8-13,16-18,30-33H,4,7,14-15H2,1-3H3/p+1. The van der Waals surface area contributed by atoms with Crippen molar-refractivity contribution in [3.05, 3.63) is 77.9 Å². The van der Waals surface area contributed by atoms with Crippen molar-refractivity contribution in [3.63, 3.8) is 0 Å². The Balaban J connectivity index is 1.31. The van der Waals surface area contributed by atoms with Crippen molar-refractivity contribution in [1.29, 1.82) is 0 Å². The fraction of sp³-hybridized carbons (Fsp3) is 0.241. The van der Waals surface area contributed by atoms with E-state index in [0.29, 0.717) is 19.5 Å². The number of hydrogen-bond acceptors (Lipinski definition) is 5. The van der Waals surface area contributed by atoms with E-state index in [1.807, 2.05) is 25.1 Å². The first-order valence-electron chi connectivity index (χ1n) is 12.6. The minimum atomic E-state index is -3.52. The van der Waals surface area contributed by atoms with E-state index in [4.69, 9.17) is 4.74 Å². The number of hydrogen-bond donors (Lipinski definition) is 4. The number of nitrogens with one attached hydrogen (secondary N) is 3. The van der Waals surface area contributed by atoms with Crippen molar-refractivity contribution in [1.82, 2.24) is 4.72 Å². The molecular weight excluding hydrogens is 484 g/mol. The average Bonchev–Trinajstić information content (AvgIpc) is 2.88. The number of ether oxygens (including phenoxy) is 1. The number of nitrogens with two attached hydrogens (primary N) is 1. The number of quaternary nitrogens is 1. The van der Waals surface area contributed by atoms with Crippen molar-refractivity contribution in [2.24, 2.45) is 0 Å². The summed E-state index contributed by atoms with van der Waals surface area (Å²) in [7, 11) is -3.52. The molecule has 0 aromatic heterocycles. The monoisotopic (exact) mass is 517 g/mol. The van der Waals surface area contributed by atoms with Crippen LogP contribution in [0.15, 0.2) is 71.6 Å². The second-order valence-corrected chi connectivity index (χ2v) is 11.1. The molecule has 0 radical (unpaired) electrons. The SMILES string of the molecule is CC[NH2+]c1cc2c(cc1C)Nc1c(cc(NCCCNS(=O)(=O)c3ccc(C)cc3)c3ccccc13)O2. The maximum Gasteiger partial charge on any atom is 0.240 e. The number of sulfonamides is 1. The Kier molecular flexibility index (Phi) is 7.06. The van der Waals surface area contributed by atoms with E-state index >= 15 is 0 Å². The highest BCUT2D eigenvalue weighted by Gasteiger charge is 2.23. The van der Waals surface area contributed by atoms with Gasteiger partial charge >= 0.3 is 0 Å². The van der Waals surface area contributed by atoms with Crippen molar-refractivity contribution in [2.75, 3.05) is 30.3 Å². The Morgan fingerprint density at radius 3 is 2.43 bits per heavy atom. The number of aryl methyl sites for hydroxylation is 2. The largest absolute Gasteiger partial charge is 0.453 e. The molecule has 5 N–H and O–H groups in total. The second kappa shape index (κ2) is 10.4. The van der Waals surface area contributed by atoms with E-state index in [2.05, 4.69) is 58.8 Å². The Labute approximate surface area is 218 Å². The lowest BCUT2D eigenvalue weighted by atomic mass is 10.0. The number of rotatable bonds is 9. The van der Waals surface area contributed by atoms with E-state index in [1.54, 1.807) is 24.3 Å². The summed E-state index contributed by atoms with van der Waals surface area (Å²) in [5.74, 6) is 1.57. The van der Waals surface area contributed by atoms with Crippen LogP contribution in [0, 0.1) is 13.8 Å². The summed E-state index contributed by atoms with van der Waals surface area (Å²) >= 11 is 0. The molecule has 4 aromatic carbocycles. The van der Waals surface area contributed by atoms with E-state index in [1.165, 1.54) is 11.3 Å². The van der Waals surface area contributed by atoms with E-state index in [0.717, 1.165) is 51.4 Å². The highest BCUT2D eigenvalue weighted by atomic mass is 32.2. The third-order valence-corrected chi connectivity index (χ3v) is 8.05. The van der Waals surface area contributed by atoms with E-state index in [-0.39, 0.29) is 4.90 Å². The highest BCUT2D eigenvalue weighted by Crippen LogP contribution is 2.48. The third kappa shape index (κ3) is 5.27. The normalized spacial score (nSPS) is 12.4. The molecule has 1 aliphatic heterocycles. The molecular formula is C29H33N4O3S+. The molecule has 0 saturated heterocycles. The third-order valence-electron chi connectivity index (χ3n) is 6.57. The predicted octanol–water partition coefficient (Wildman–Crippen LogP) is 5.30. The van der Waals surface area contributed by atoms with Gasteiger partial charge in [0.05, 0.1) is 22.8 Å². The smallest absolute Gasteiger partial charge is 0.240 e. The fourth-order valence-electron chi connectivity index (χ4n) is 4.60. The first kappa shape index (κ1) is 25.1. The average molecular weight is 518 g/mol. The minimum Gasteiger partial charge on any atom is -0.453 e. The summed E-state index contributed by atoms with van der Waals surface area (Å²) in [6, 6.07) is 21.3. The molecule has 192 valence electrons. The molecule has 37 heavy (non-hydrogen) atoms. The Morgan fingerprint density at radius 1 is 0.919 bits per heavy atom. The summed E-state index contributed by atoms with van der Waals surface area (Å²) in [4.78, 5) is 0.284. The van der Waals surface area contributed by atoms with Crippen LogP contribution in [-0.2, 0) is 10.0 Å². The molecule has 0 aliphatic carbocycles. The highest BCUT2D eigenvalue weighted by molar-refractivity contribution is 7.89. The Morgan fingerprint density at radius 2 is 1.68 bits per heavy atom. The molecule has 0 bridgehead atoms. The molecule has 0 saturated carbocycles. The van der Waals surface area contributed by atoms with Crippen LogP contribution >= 0.6 is 0 Å². The lowest BCUT2D eigenvalue weighted by Crippen LogP contribution is -2.77. The second-order valence-electron chi connectivity index (χ2n) is 9.38. The van der Waals surface area contributed by atoms with Crippen LogP contribution in [0.2, 0.25) is 0 Å². The van der Waals surface area contributed by atoms with Gasteiger partial charge in [0.2, 0.25) is 10.0 Å². The van der Waals surface area contributed by atoms with E-state index in [9.17, 15) is 8.42 Å². The molecule has 8 heteroatoms. The van der Waals surface area contributed by atoms with Crippen LogP contribution in [-0.4, -0.2) is 28.1 Å². The molecule has 0 atom stereocenters. The van der Waals surface area contributed by atoms with Crippen molar-refractivity contribution >= 4 is 43.5 Å². The van der Waals surface area contributed by atoms with Crippen molar-refractivity contribution in [3.8, 4) is 11.5 Å². The van der Waals surface area contributed by atoms with Crippen LogP contribution in [0.5, 0.6) is 11.5 Å². The molecule has 0 spiro atoms. The van der Waals surface area contributed by atoms with Crippen LogP contribution in [0.4, 0.5) is 22.7 Å². The van der Waals surface area contributed by atoms with Gasteiger partial charge in [-0.3, -0.25) is 0 Å². The Bertz CT molecular complexity index is 1550. The number of benzene rings is 4. The first-order chi connectivity index (χ1) is 17.9. The van der Waals surface area contributed by atoms with Gasteiger partial charge in [-0.15, -0.1) is 0 Å². The van der Waals surface area contributed by atoms with Gasteiger partial charge in [-0.1, -0.05) is 42.0 Å². The molecule has 1 heterocycles. The fourth-order valence-corrected chi connectivity index (χ4v) is 5.68. The molecule has 4 aromatic rings. The van der Waals surface area contributed by atoms with Gasteiger partial charge in [-0.25, -0.2) is 13.1 Å². The van der Waals surface area contributed by atoms with E-state index < -0.39 is 10.0 Å². The summed E-state index contributed by atoms with van der Waals surface area (Å²) in [6.07, 6.45) is 0.633. The van der Waals surface area contributed by atoms with Crippen molar-refractivity contribution in [2.45, 2.75) is 32.1 Å². The minimum absolute atomic E-state index is 0.284. The summed E-state index contributed by atoms with van der Waals surface area (Å²) in [5.41, 5.74) is 6.28. The zero-order valence-corrected chi connectivity index (χ0v) is 22.2. The molecule has 7 nitrogen and oxygen atoms in total. The topological polar surface area (TPSA) is 96.1 Å². The zero-order valence-electron chi connectivity index (χ0n) is 21.4. The lowest BCUT2D eigenvalue weighted by molar-refractivity contribution is -0.568. The quantitative estimate of drug-likeness (QED) is 0.157. The van der Waals surface area contributed by atoms with Gasteiger partial charge < -0.3 is 20.7 Å². The number of anilines is 3. The first-order valence-corrected chi connectivity index (χ1v) is 14.1. The van der Waals surface area contributed by atoms with Gasteiger partial charge in [0.15, 0.2) is 11.5 Å². The van der Waals surface area contributed by atoms with Gasteiger partial charge in [-0.05, 0) is 45.4 Å². The van der Waals surface area contributed by atoms with Crippen LogP contribution in [0.25, 0.3) is 10.8 Å². The maximum atomic E-state index is 12.5. The number of fused-ring (bicyclic) bond motifs is 4. The van der Waals surface area contributed by atoms with Gasteiger partial charge in [0, 0.05) is 47.2 Å². The molecule has 5 rings (SSSR count). The summed E-state index contributed by atoms with van der Waals surface area (Å²) in [6.45, 7) is 8.09. The van der Waals surface area contributed by atoms with Crippen LogP contribution < -0.4 is 25.4 Å². The predicted molar refractivity (Wildman–Crippen MR) is 150 cm³/mol.